The van der Waals surface area contributed by atoms with Crippen LogP contribution in [0.15, 0.2) is 15.2 Å². The number of alkyl halides is 2. The van der Waals surface area contributed by atoms with Crippen LogP contribution in [-0.4, -0.2) is 5.92 Å². The van der Waals surface area contributed by atoms with E-state index in [2.05, 4.69) is 15.9 Å². The van der Waals surface area contributed by atoms with Gasteiger partial charge in [-0.15, -0.1) is 11.3 Å². The molecule has 0 amide bonds. The Hall–Kier alpha value is -0.000000000000000111. The Bertz CT molecular complexity index is 339. The van der Waals surface area contributed by atoms with Gasteiger partial charge in [0.05, 0.1) is 3.79 Å². The van der Waals surface area contributed by atoms with Crippen LogP contribution in [0.3, 0.4) is 0 Å². The predicted molar refractivity (Wildman–Crippen MR) is 56.6 cm³/mol. The van der Waals surface area contributed by atoms with Gasteiger partial charge in [0.2, 0.25) is 0 Å². The quantitative estimate of drug-likeness (QED) is 0.901. The molecule has 0 radical (unpaired) electrons. The number of halogens is 3. The van der Waals surface area contributed by atoms with Crippen LogP contribution in [0.2, 0.25) is 0 Å². The molecule has 1 aliphatic rings. The Morgan fingerprint density at radius 2 is 2.36 bits per heavy atom. The van der Waals surface area contributed by atoms with E-state index in [9.17, 15) is 8.78 Å². The molecule has 1 aromatic heterocycles. The smallest absolute Gasteiger partial charge is 0.251 e. The van der Waals surface area contributed by atoms with E-state index in [0.717, 1.165) is 9.35 Å². The largest absolute Gasteiger partial charge is 0.324 e. The molecular formula is C9H10BrF2NS. The summed E-state index contributed by atoms with van der Waals surface area (Å²) in [7, 11) is 0. The van der Waals surface area contributed by atoms with Crippen molar-refractivity contribution in [1.29, 1.82) is 0 Å². The average Bonchev–Trinajstić information content (AvgIpc) is 2.52. The molecule has 0 bridgehead atoms. The van der Waals surface area contributed by atoms with Crippen molar-refractivity contribution in [3.8, 4) is 0 Å². The molecule has 1 nitrogen and oxygen atoms in total. The van der Waals surface area contributed by atoms with Crippen LogP contribution in [0, 0.1) is 5.92 Å². The van der Waals surface area contributed by atoms with Gasteiger partial charge in [0, 0.05) is 18.4 Å². The molecule has 2 rings (SSSR count). The number of thiophene rings is 1. The zero-order valence-corrected chi connectivity index (χ0v) is 9.75. The predicted octanol–water partition coefficient (Wildman–Crippen LogP) is 3.56. The topological polar surface area (TPSA) is 26.0 Å². The lowest BCUT2D eigenvalue weighted by atomic mass is 10.1. The minimum absolute atomic E-state index is 0.00596. The minimum Gasteiger partial charge on any atom is -0.324 e. The Balaban J connectivity index is 1.94. The summed E-state index contributed by atoms with van der Waals surface area (Å²) in [6.45, 7) is 0. The minimum atomic E-state index is -2.45. The molecule has 0 aliphatic heterocycles. The third-order valence-corrected chi connectivity index (χ3v) is 4.03. The SMILES string of the molecule is NC(CC1CC1(F)F)c1csc(Br)c1. The Kier molecular flexibility index (Phi) is 2.66. The van der Waals surface area contributed by atoms with Gasteiger partial charge in [-0.3, -0.25) is 0 Å². The van der Waals surface area contributed by atoms with Gasteiger partial charge >= 0.3 is 0 Å². The standard InChI is InChI=1S/C9H10BrF2NS/c10-8-1-5(4-14-8)7(13)2-6-3-9(6,11)12/h1,4,6-7H,2-3,13H2. The summed E-state index contributed by atoms with van der Waals surface area (Å²) in [5, 5.41) is 1.91. The fourth-order valence-electron chi connectivity index (χ4n) is 1.49. The highest BCUT2D eigenvalue weighted by atomic mass is 79.9. The Morgan fingerprint density at radius 1 is 1.71 bits per heavy atom. The molecule has 0 aromatic carbocycles. The molecule has 2 N–H and O–H groups in total. The molecule has 2 atom stereocenters. The first-order valence-corrected chi connectivity index (χ1v) is 6.03. The zero-order valence-electron chi connectivity index (χ0n) is 7.34. The van der Waals surface area contributed by atoms with Crippen molar-refractivity contribution in [2.75, 3.05) is 0 Å². The van der Waals surface area contributed by atoms with E-state index in [1.165, 1.54) is 11.3 Å². The van der Waals surface area contributed by atoms with Crippen LogP contribution in [0.25, 0.3) is 0 Å². The second-order valence-corrected chi connectivity index (χ2v) is 5.98. The van der Waals surface area contributed by atoms with E-state index in [-0.39, 0.29) is 12.5 Å². The van der Waals surface area contributed by atoms with Crippen LogP contribution in [0.1, 0.15) is 24.4 Å². The fraction of sp³-hybridized carbons (Fsp3) is 0.556. The van der Waals surface area contributed by atoms with Gasteiger partial charge in [0.25, 0.3) is 5.92 Å². The summed E-state index contributed by atoms with van der Waals surface area (Å²) in [6.07, 6.45) is 0.391. The van der Waals surface area contributed by atoms with Gasteiger partial charge in [-0.1, -0.05) is 0 Å². The molecule has 2 unspecified atom stereocenters. The highest BCUT2D eigenvalue weighted by Crippen LogP contribution is 2.52. The third-order valence-electron chi connectivity index (χ3n) is 2.51. The van der Waals surface area contributed by atoms with E-state index in [1.807, 2.05) is 11.4 Å². The Labute approximate surface area is 93.4 Å². The molecule has 0 saturated heterocycles. The second kappa shape index (κ2) is 3.54. The number of nitrogens with two attached hydrogens (primary N) is 1. The van der Waals surface area contributed by atoms with Gasteiger partial charge in [0.15, 0.2) is 0 Å². The molecule has 78 valence electrons. The molecule has 14 heavy (non-hydrogen) atoms. The molecule has 1 fully saturated rings. The monoisotopic (exact) mass is 281 g/mol. The van der Waals surface area contributed by atoms with Crippen molar-refractivity contribution in [3.63, 3.8) is 0 Å². The third kappa shape index (κ3) is 2.15. The van der Waals surface area contributed by atoms with Crippen molar-refractivity contribution in [3.05, 3.63) is 20.8 Å². The summed E-state index contributed by atoms with van der Waals surface area (Å²) in [6, 6.07) is 1.64. The van der Waals surface area contributed by atoms with Crippen molar-refractivity contribution in [2.45, 2.75) is 24.8 Å². The highest BCUT2D eigenvalue weighted by molar-refractivity contribution is 9.11. The lowest BCUT2D eigenvalue weighted by molar-refractivity contribution is 0.0954. The normalized spacial score (nSPS) is 26.1. The maximum Gasteiger partial charge on any atom is 0.251 e. The zero-order chi connectivity index (χ0) is 10.3. The number of hydrogen-bond donors (Lipinski definition) is 1. The maximum atomic E-state index is 12.6. The van der Waals surface area contributed by atoms with Gasteiger partial charge in [-0.2, -0.15) is 0 Å². The van der Waals surface area contributed by atoms with E-state index >= 15 is 0 Å². The molecule has 1 saturated carbocycles. The van der Waals surface area contributed by atoms with Crippen LogP contribution in [0.5, 0.6) is 0 Å². The molecule has 1 aliphatic carbocycles. The first-order chi connectivity index (χ1) is 6.49. The summed E-state index contributed by atoms with van der Waals surface area (Å²) >= 11 is 4.85. The first kappa shape index (κ1) is 10.5. The van der Waals surface area contributed by atoms with E-state index in [0.29, 0.717) is 6.42 Å². The van der Waals surface area contributed by atoms with Gasteiger partial charge in [0.1, 0.15) is 0 Å². The summed E-state index contributed by atoms with van der Waals surface area (Å²) in [4.78, 5) is 0. The average molecular weight is 282 g/mol. The second-order valence-electron chi connectivity index (χ2n) is 3.69. The van der Waals surface area contributed by atoms with E-state index in [1.54, 1.807) is 0 Å². The van der Waals surface area contributed by atoms with Gasteiger partial charge in [-0.05, 0) is 39.4 Å². The van der Waals surface area contributed by atoms with Crippen molar-refractivity contribution in [2.24, 2.45) is 11.7 Å². The Morgan fingerprint density at radius 3 is 2.79 bits per heavy atom. The molecule has 0 spiro atoms. The highest BCUT2D eigenvalue weighted by Gasteiger charge is 2.56. The molecule has 1 aromatic rings. The first-order valence-electron chi connectivity index (χ1n) is 4.36. The summed E-state index contributed by atoms with van der Waals surface area (Å²) in [5.41, 5.74) is 6.77. The van der Waals surface area contributed by atoms with E-state index < -0.39 is 11.8 Å². The van der Waals surface area contributed by atoms with Crippen LogP contribution in [0.4, 0.5) is 8.78 Å². The molecule has 1 heterocycles. The van der Waals surface area contributed by atoms with Crippen LogP contribution < -0.4 is 5.73 Å². The molecular weight excluding hydrogens is 272 g/mol. The van der Waals surface area contributed by atoms with Crippen molar-refractivity contribution >= 4 is 27.3 Å². The molecule has 5 heteroatoms. The van der Waals surface area contributed by atoms with Gasteiger partial charge < -0.3 is 5.73 Å². The van der Waals surface area contributed by atoms with Crippen LogP contribution >= 0.6 is 27.3 Å². The van der Waals surface area contributed by atoms with Crippen LogP contribution in [-0.2, 0) is 0 Å². The maximum absolute atomic E-state index is 12.6. The lowest BCUT2D eigenvalue weighted by Gasteiger charge is -2.08. The lowest BCUT2D eigenvalue weighted by Crippen LogP contribution is -2.11. The summed E-state index contributed by atoms with van der Waals surface area (Å²) < 4.78 is 26.2. The summed E-state index contributed by atoms with van der Waals surface area (Å²) in [5.74, 6) is -2.96. The fourth-order valence-corrected chi connectivity index (χ4v) is 2.73. The number of hydrogen-bond acceptors (Lipinski definition) is 2. The van der Waals surface area contributed by atoms with Crippen molar-refractivity contribution in [1.82, 2.24) is 0 Å². The van der Waals surface area contributed by atoms with E-state index in [4.69, 9.17) is 5.73 Å². The van der Waals surface area contributed by atoms with Gasteiger partial charge in [-0.25, -0.2) is 8.78 Å². The number of rotatable bonds is 3. The van der Waals surface area contributed by atoms with Crippen molar-refractivity contribution < 1.29 is 8.78 Å².